The molecule has 7 nitrogen and oxygen atoms in total. The van der Waals surface area contributed by atoms with E-state index in [0.717, 1.165) is 6.42 Å². The number of likely N-dealkylation sites (N-methyl/N-ethyl adjacent to an activating group) is 1. The molecule has 4 amide bonds. The second-order valence-corrected chi connectivity index (χ2v) is 9.76. The third-order valence-corrected chi connectivity index (χ3v) is 7.44. The van der Waals surface area contributed by atoms with Crippen LogP contribution in [0.3, 0.4) is 0 Å². The number of hydrogen-bond donors (Lipinski definition) is 2. The number of rotatable bonds is 7. The molecule has 1 aromatic carbocycles. The van der Waals surface area contributed by atoms with Gasteiger partial charge < -0.3 is 15.5 Å². The minimum absolute atomic E-state index is 0.177. The molecule has 2 N–H and O–H groups in total. The molecule has 0 aliphatic carbocycles. The van der Waals surface area contributed by atoms with E-state index in [4.69, 9.17) is 23.2 Å². The van der Waals surface area contributed by atoms with E-state index in [9.17, 15) is 14.4 Å². The van der Waals surface area contributed by atoms with Crippen molar-refractivity contribution in [3.05, 3.63) is 67.5 Å². The molecule has 174 valence electrons. The third-order valence-electron chi connectivity index (χ3n) is 5.94. The Hall–Kier alpha value is -2.55. The number of amides is 4. The SMILES string of the molecule is CCN1C(=O)NC(c2ccc(Cl)cc2Cl)C2=C1CN(C(C)C(=O)NCCc1cccs1)C2=O. The Morgan fingerprint density at radius 1 is 1.30 bits per heavy atom. The topological polar surface area (TPSA) is 81.8 Å². The van der Waals surface area contributed by atoms with Gasteiger partial charge in [-0.15, -0.1) is 11.3 Å². The number of carbonyl (C=O) groups is 3. The molecular formula is C23H24Cl2N4O3S. The van der Waals surface area contributed by atoms with E-state index in [1.54, 1.807) is 36.5 Å². The van der Waals surface area contributed by atoms with Crippen molar-refractivity contribution in [3.63, 3.8) is 0 Å². The van der Waals surface area contributed by atoms with Gasteiger partial charge in [0.15, 0.2) is 0 Å². The zero-order valence-corrected chi connectivity index (χ0v) is 20.6. The van der Waals surface area contributed by atoms with Crippen LogP contribution < -0.4 is 10.6 Å². The van der Waals surface area contributed by atoms with Crippen molar-refractivity contribution in [3.8, 4) is 0 Å². The number of carbonyl (C=O) groups excluding carboxylic acids is 3. The fourth-order valence-electron chi connectivity index (χ4n) is 4.18. The van der Waals surface area contributed by atoms with Gasteiger partial charge in [-0.1, -0.05) is 35.3 Å². The highest BCUT2D eigenvalue weighted by Gasteiger charge is 2.46. The van der Waals surface area contributed by atoms with Gasteiger partial charge in [-0.25, -0.2) is 4.79 Å². The highest BCUT2D eigenvalue weighted by molar-refractivity contribution is 7.09. The maximum Gasteiger partial charge on any atom is 0.322 e. The van der Waals surface area contributed by atoms with Gasteiger partial charge in [0.25, 0.3) is 5.91 Å². The Labute approximate surface area is 206 Å². The zero-order chi connectivity index (χ0) is 23.7. The van der Waals surface area contributed by atoms with Crippen LogP contribution in [0.15, 0.2) is 47.0 Å². The number of nitrogens with one attached hydrogen (secondary N) is 2. The minimum atomic E-state index is -0.716. The van der Waals surface area contributed by atoms with Crippen LogP contribution in [0.5, 0.6) is 0 Å². The Kier molecular flexibility index (Phi) is 6.97. The van der Waals surface area contributed by atoms with Gasteiger partial charge in [-0.05, 0) is 49.4 Å². The molecule has 2 atom stereocenters. The normalized spacial score (nSPS) is 19.0. The lowest BCUT2D eigenvalue weighted by molar-refractivity contribution is -0.135. The van der Waals surface area contributed by atoms with Crippen LogP contribution in [-0.4, -0.2) is 53.3 Å². The van der Waals surface area contributed by atoms with E-state index in [1.807, 2.05) is 24.4 Å². The molecule has 1 aromatic heterocycles. The molecular weight excluding hydrogens is 483 g/mol. The lowest BCUT2D eigenvalue weighted by Gasteiger charge is -2.33. The first-order valence-corrected chi connectivity index (χ1v) is 12.3. The number of urea groups is 1. The summed E-state index contributed by atoms with van der Waals surface area (Å²) in [7, 11) is 0. The predicted octanol–water partition coefficient (Wildman–Crippen LogP) is 3.98. The Morgan fingerprint density at radius 2 is 2.09 bits per heavy atom. The van der Waals surface area contributed by atoms with Crippen molar-refractivity contribution in [2.45, 2.75) is 32.4 Å². The van der Waals surface area contributed by atoms with Crippen LogP contribution in [0.2, 0.25) is 10.0 Å². The van der Waals surface area contributed by atoms with E-state index in [2.05, 4.69) is 10.6 Å². The lowest BCUT2D eigenvalue weighted by atomic mass is 9.95. The van der Waals surface area contributed by atoms with Gasteiger partial charge in [0.2, 0.25) is 5.91 Å². The van der Waals surface area contributed by atoms with Gasteiger partial charge in [-0.3, -0.25) is 14.5 Å². The highest BCUT2D eigenvalue weighted by Crippen LogP contribution is 2.39. The Morgan fingerprint density at radius 3 is 2.76 bits per heavy atom. The van der Waals surface area contributed by atoms with Gasteiger partial charge in [0, 0.05) is 28.0 Å². The number of thiophene rings is 1. The van der Waals surface area contributed by atoms with E-state index in [0.29, 0.717) is 40.0 Å². The smallest absolute Gasteiger partial charge is 0.322 e. The average Bonchev–Trinajstić information content (AvgIpc) is 3.41. The van der Waals surface area contributed by atoms with Gasteiger partial charge in [0.1, 0.15) is 6.04 Å². The quantitative estimate of drug-likeness (QED) is 0.595. The molecule has 0 fully saturated rings. The van der Waals surface area contributed by atoms with Gasteiger partial charge in [-0.2, -0.15) is 0 Å². The van der Waals surface area contributed by atoms with Crippen molar-refractivity contribution in [1.29, 1.82) is 0 Å². The molecule has 0 saturated heterocycles. The minimum Gasteiger partial charge on any atom is -0.354 e. The van der Waals surface area contributed by atoms with Gasteiger partial charge >= 0.3 is 6.03 Å². The van der Waals surface area contributed by atoms with Crippen LogP contribution in [0, 0.1) is 0 Å². The Balaban J connectivity index is 1.55. The maximum absolute atomic E-state index is 13.5. The first kappa shape index (κ1) is 23.6. The summed E-state index contributed by atoms with van der Waals surface area (Å²) in [6, 6.07) is 7.23. The van der Waals surface area contributed by atoms with E-state index in [1.165, 1.54) is 14.7 Å². The van der Waals surface area contributed by atoms with Crippen molar-refractivity contribution in [1.82, 2.24) is 20.4 Å². The first-order valence-electron chi connectivity index (χ1n) is 10.7. The van der Waals surface area contributed by atoms with E-state index < -0.39 is 12.1 Å². The summed E-state index contributed by atoms with van der Waals surface area (Å²) in [5.74, 6) is -0.525. The van der Waals surface area contributed by atoms with Gasteiger partial charge in [0.05, 0.1) is 23.9 Å². The highest BCUT2D eigenvalue weighted by atomic mass is 35.5. The zero-order valence-electron chi connectivity index (χ0n) is 18.2. The molecule has 4 rings (SSSR count). The van der Waals surface area contributed by atoms with Crippen molar-refractivity contribution < 1.29 is 14.4 Å². The van der Waals surface area contributed by atoms with Crippen LogP contribution in [0.1, 0.15) is 30.3 Å². The number of benzene rings is 1. The molecule has 0 spiro atoms. The molecule has 0 radical (unpaired) electrons. The second-order valence-electron chi connectivity index (χ2n) is 7.88. The summed E-state index contributed by atoms with van der Waals surface area (Å²) < 4.78 is 0. The Bertz CT molecular complexity index is 1120. The molecule has 2 aliphatic rings. The van der Waals surface area contributed by atoms with Crippen LogP contribution in [-0.2, 0) is 16.0 Å². The lowest BCUT2D eigenvalue weighted by Crippen LogP contribution is -2.47. The fourth-order valence-corrected chi connectivity index (χ4v) is 5.41. The summed E-state index contributed by atoms with van der Waals surface area (Å²) in [6.45, 7) is 4.61. The molecule has 3 heterocycles. The molecule has 2 aliphatic heterocycles. The molecule has 2 unspecified atom stereocenters. The van der Waals surface area contributed by atoms with Crippen molar-refractivity contribution in [2.75, 3.05) is 19.6 Å². The number of nitrogens with zero attached hydrogens (tertiary/aromatic N) is 2. The summed E-state index contributed by atoms with van der Waals surface area (Å²) in [6.07, 6.45) is 0.734. The van der Waals surface area contributed by atoms with Crippen LogP contribution >= 0.6 is 34.5 Å². The predicted molar refractivity (Wildman–Crippen MR) is 129 cm³/mol. The molecule has 0 saturated carbocycles. The average molecular weight is 507 g/mol. The first-order chi connectivity index (χ1) is 15.8. The molecule has 2 aromatic rings. The number of hydrogen-bond acceptors (Lipinski definition) is 4. The largest absolute Gasteiger partial charge is 0.354 e. The fraction of sp³-hybridized carbons (Fsp3) is 0.348. The van der Waals surface area contributed by atoms with Crippen molar-refractivity contribution >= 4 is 52.4 Å². The van der Waals surface area contributed by atoms with E-state index >= 15 is 0 Å². The monoisotopic (exact) mass is 506 g/mol. The van der Waals surface area contributed by atoms with Crippen molar-refractivity contribution in [2.24, 2.45) is 0 Å². The maximum atomic E-state index is 13.5. The third kappa shape index (κ3) is 4.60. The van der Waals surface area contributed by atoms with E-state index in [-0.39, 0.29) is 24.4 Å². The number of halogens is 2. The molecule has 10 heteroatoms. The summed E-state index contributed by atoms with van der Waals surface area (Å²) in [5, 5.41) is 8.62. The van der Waals surface area contributed by atoms with Crippen LogP contribution in [0.25, 0.3) is 0 Å². The standard InChI is InChI=1S/C23H24Cl2N4O3S/c1-3-28-18-12-29(13(2)21(30)26-9-8-15-5-4-10-33-15)22(31)19(18)20(27-23(28)32)16-7-6-14(24)11-17(16)25/h4-7,10-11,13,20H,3,8-9,12H2,1-2H3,(H,26,30)(H,27,32). The molecule has 33 heavy (non-hydrogen) atoms. The summed E-state index contributed by atoms with van der Waals surface area (Å²) >= 11 is 14.1. The second kappa shape index (κ2) is 9.75. The summed E-state index contributed by atoms with van der Waals surface area (Å²) in [4.78, 5) is 43.4. The van der Waals surface area contributed by atoms with Crippen LogP contribution in [0.4, 0.5) is 4.79 Å². The summed E-state index contributed by atoms with van der Waals surface area (Å²) in [5.41, 5.74) is 1.61. The molecule has 0 bridgehead atoms.